The van der Waals surface area contributed by atoms with Crippen molar-refractivity contribution in [3.05, 3.63) is 163 Å². The van der Waals surface area contributed by atoms with Crippen molar-refractivity contribution in [2.75, 3.05) is 5.32 Å². The molecule has 0 aromatic heterocycles. The van der Waals surface area contributed by atoms with Crippen LogP contribution in [0.1, 0.15) is 23.5 Å². The molecule has 170 valence electrons. The van der Waals surface area contributed by atoms with Gasteiger partial charge in [0.15, 0.2) is 0 Å². The van der Waals surface area contributed by atoms with Gasteiger partial charge in [-0.1, -0.05) is 128 Å². The lowest BCUT2D eigenvalue weighted by Crippen LogP contribution is -2.03. The van der Waals surface area contributed by atoms with E-state index in [9.17, 15) is 0 Å². The molecule has 0 saturated carbocycles. The average molecular weight is 452 g/mol. The molecular weight excluding hydrogens is 422 g/mol. The second-order valence-corrected chi connectivity index (χ2v) is 8.70. The summed E-state index contributed by atoms with van der Waals surface area (Å²) in [6, 6.07) is 34.3. The van der Waals surface area contributed by atoms with Crippen LogP contribution in [-0.2, 0) is 0 Å². The Morgan fingerprint density at radius 1 is 0.743 bits per heavy atom. The molecule has 0 amide bonds. The maximum Gasteiger partial charge on any atom is 0.0463 e. The fourth-order valence-electron chi connectivity index (χ4n) is 4.62. The molecule has 0 radical (unpaired) electrons. The van der Waals surface area contributed by atoms with Gasteiger partial charge >= 0.3 is 0 Å². The second-order valence-electron chi connectivity index (χ2n) is 8.70. The van der Waals surface area contributed by atoms with E-state index in [2.05, 4.69) is 133 Å². The predicted octanol–water partition coefficient (Wildman–Crippen LogP) is 9.38. The minimum Gasteiger partial charge on any atom is -0.355 e. The summed E-state index contributed by atoms with van der Waals surface area (Å²) in [5, 5.41) is 6.07. The molecule has 5 rings (SSSR count). The van der Waals surface area contributed by atoms with E-state index in [1.807, 2.05) is 12.2 Å². The Labute approximate surface area is 208 Å². The Kier molecular flexibility index (Phi) is 6.87. The summed E-state index contributed by atoms with van der Waals surface area (Å²) >= 11 is 0. The number of rotatable bonds is 7. The van der Waals surface area contributed by atoms with E-state index in [0.29, 0.717) is 5.92 Å². The zero-order valence-corrected chi connectivity index (χ0v) is 19.8. The fraction of sp³-hybridized carbons (Fsp3) is 0.0588. The summed E-state index contributed by atoms with van der Waals surface area (Å²) in [7, 11) is 0. The zero-order chi connectivity index (χ0) is 23.9. The molecule has 0 bridgehead atoms. The SMILES string of the molecule is C=C/C=C\C=C\C1=CC(c2ccc(Nc3cccc4ccccc34)cc2)CC=C1c1ccccc1. The van der Waals surface area contributed by atoms with Crippen LogP contribution in [0.25, 0.3) is 16.3 Å². The van der Waals surface area contributed by atoms with Gasteiger partial charge < -0.3 is 5.32 Å². The highest BCUT2D eigenvalue weighted by atomic mass is 14.9. The Bertz CT molecular complexity index is 1430. The van der Waals surface area contributed by atoms with Gasteiger partial charge in [0.05, 0.1) is 0 Å². The van der Waals surface area contributed by atoms with Crippen molar-refractivity contribution in [1.82, 2.24) is 0 Å². The molecule has 0 aliphatic heterocycles. The molecular formula is C34H29N. The largest absolute Gasteiger partial charge is 0.355 e. The third kappa shape index (κ3) is 5.26. The van der Waals surface area contributed by atoms with Crippen molar-refractivity contribution < 1.29 is 0 Å². The van der Waals surface area contributed by atoms with Gasteiger partial charge in [-0.3, -0.25) is 0 Å². The molecule has 1 heteroatoms. The highest BCUT2D eigenvalue weighted by molar-refractivity contribution is 5.95. The minimum atomic E-state index is 0.345. The number of benzene rings is 4. The van der Waals surface area contributed by atoms with E-state index >= 15 is 0 Å². The fourth-order valence-corrected chi connectivity index (χ4v) is 4.62. The van der Waals surface area contributed by atoms with E-state index < -0.39 is 0 Å². The van der Waals surface area contributed by atoms with Gasteiger partial charge in [0.1, 0.15) is 0 Å². The van der Waals surface area contributed by atoms with E-state index in [1.165, 1.54) is 33.0 Å². The number of allylic oxidation sites excluding steroid dienone is 9. The molecule has 35 heavy (non-hydrogen) atoms. The number of hydrogen-bond acceptors (Lipinski definition) is 1. The van der Waals surface area contributed by atoms with Gasteiger partial charge in [-0.05, 0) is 52.3 Å². The van der Waals surface area contributed by atoms with Gasteiger partial charge in [0.2, 0.25) is 0 Å². The van der Waals surface area contributed by atoms with Crippen LogP contribution in [0, 0.1) is 0 Å². The molecule has 0 fully saturated rings. The molecule has 1 unspecified atom stereocenters. The molecule has 4 aromatic rings. The van der Waals surface area contributed by atoms with Crippen molar-refractivity contribution in [3.63, 3.8) is 0 Å². The molecule has 0 spiro atoms. The third-order valence-corrected chi connectivity index (χ3v) is 6.39. The summed E-state index contributed by atoms with van der Waals surface area (Å²) < 4.78 is 0. The van der Waals surface area contributed by atoms with Crippen molar-refractivity contribution in [2.45, 2.75) is 12.3 Å². The van der Waals surface area contributed by atoms with Crippen LogP contribution in [0.2, 0.25) is 0 Å². The van der Waals surface area contributed by atoms with Crippen molar-refractivity contribution >= 4 is 27.7 Å². The first-order valence-corrected chi connectivity index (χ1v) is 12.1. The summed E-state index contributed by atoms with van der Waals surface area (Å²) in [4.78, 5) is 0. The first kappa shape index (κ1) is 22.4. The first-order chi connectivity index (χ1) is 17.3. The number of nitrogens with one attached hydrogen (secondary N) is 1. The average Bonchev–Trinajstić information content (AvgIpc) is 2.92. The van der Waals surface area contributed by atoms with E-state index in [0.717, 1.165) is 17.8 Å². The minimum absolute atomic E-state index is 0.345. The summed E-state index contributed by atoms with van der Waals surface area (Å²) in [5.41, 5.74) is 7.34. The normalized spacial score (nSPS) is 15.8. The predicted molar refractivity (Wildman–Crippen MR) is 152 cm³/mol. The Balaban J connectivity index is 1.39. The standard InChI is InChI=1S/C34H29N/c1-2-3-4-6-15-30-25-29(21-24-32(30)27-12-7-5-8-13-27)26-19-22-31(23-20-26)35-34-18-11-16-28-14-9-10-17-33(28)34/h2-20,22-25,29,35H,1,21H2/b4-3-,15-6+. The molecule has 0 heterocycles. The molecule has 1 N–H and O–H groups in total. The smallest absolute Gasteiger partial charge is 0.0463 e. The van der Waals surface area contributed by atoms with Gasteiger partial charge in [0, 0.05) is 22.7 Å². The number of anilines is 2. The van der Waals surface area contributed by atoms with Crippen molar-refractivity contribution in [2.24, 2.45) is 0 Å². The molecule has 1 nitrogen and oxygen atoms in total. The molecule has 0 saturated heterocycles. The highest BCUT2D eigenvalue weighted by Crippen LogP contribution is 2.36. The number of hydrogen-bond donors (Lipinski definition) is 1. The molecule has 1 aliphatic rings. The van der Waals surface area contributed by atoms with E-state index in [1.54, 1.807) is 6.08 Å². The lowest BCUT2D eigenvalue weighted by Gasteiger charge is -2.21. The molecule has 1 aliphatic carbocycles. The molecule has 1 atom stereocenters. The Morgan fingerprint density at radius 2 is 1.51 bits per heavy atom. The van der Waals surface area contributed by atoms with E-state index in [4.69, 9.17) is 0 Å². The Morgan fingerprint density at radius 3 is 2.34 bits per heavy atom. The summed E-state index contributed by atoms with van der Waals surface area (Å²) in [6.07, 6.45) is 15.8. The van der Waals surface area contributed by atoms with E-state index in [-0.39, 0.29) is 0 Å². The maximum absolute atomic E-state index is 3.76. The van der Waals surface area contributed by atoms with Crippen LogP contribution in [-0.4, -0.2) is 0 Å². The zero-order valence-electron chi connectivity index (χ0n) is 19.8. The van der Waals surface area contributed by atoms with Gasteiger partial charge in [-0.15, -0.1) is 0 Å². The van der Waals surface area contributed by atoms with Gasteiger partial charge in [-0.2, -0.15) is 0 Å². The van der Waals surface area contributed by atoms with Gasteiger partial charge in [0.25, 0.3) is 0 Å². The Hall–Kier alpha value is -4.36. The lowest BCUT2D eigenvalue weighted by molar-refractivity contribution is 0.851. The van der Waals surface area contributed by atoms with Crippen molar-refractivity contribution in [1.29, 1.82) is 0 Å². The second kappa shape index (κ2) is 10.7. The third-order valence-electron chi connectivity index (χ3n) is 6.39. The first-order valence-electron chi connectivity index (χ1n) is 12.1. The maximum atomic E-state index is 3.76. The number of fused-ring (bicyclic) bond motifs is 1. The van der Waals surface area contributed by atoms with Gasteiger partial charge in [-0.25, -0.2) is 0 Å². The van der Waals surface area contributed by atoms with Crippen LogP contribution in [0.15, 0.2) is 152 Å². The summed E-state index contributed by atoms with van der Waals surface area (Å²) in [6.45, 7) is 3.76. The van der Waals surface area contributed by atoms with Crippen LogP contribution < -0.4 is 5.32 Å². The molecule has 4 aromatic carbocycles. The lowest BCUT2D eigenvalue weighted by atomic mass is 9.83. The van der Waals surface area contributed by atoms with Crippen LogP contribution in [0.4, 0.5) is 11.4 Å². The van der Waals surface area contributed by atoms with Crippen LogP contribution in [0.3, 0.4) is 0 Å². The highest BCUT2D eigenvalue weighted by Gasteiger charge is 2.17. The summed E-state index contributed by atoms with van der Waals surface area (Å²) in [5.74, 6) is 0.345. The quantitative estimate of drug-likeness (QED) is 0.276. The van der Waals surface area contributed by atoms with Crippen molar-refractivity contribution in [3.8, 4) is 0 Å². The topological polar surface area (TPSA) is 12.0 Å². The van der Waals surface area contributed by atoms with Crippen LogP contribution in [0.5, 0.6) is 0 Å². The van der Waals surface area contributed by atoms with Crippen LogP contribution >= 0.6 is 0 Å². The monoisotopic (exact) mass is 451 g/mol.